The molecule has 0 amide bonds. The molecule has 0 aromatic heterocycles. The Morgan fingerprint density at radius 1 is 0.923 bits per heavy atom. The molecule has 0 N–H and O–H groups in total. The smallest absolute Gasteiger partial charge is 0.119 e. The number of methoxy groups -OCH3 is 1. The normalized spacial score (nSPS) is 9.31. The number of benzene rings is 2. The van der Waals surface area contributed by atoms with E-state index in [1.807, 2.05) is 24.3 Å². The Bertz CT molecular complexity index is 398. The van der Waals surface area contributed by atoms with E-state index in [4.69, 9.17) is 4.74 Å². The van der Waals surface area contributed by atoms with E-state index in [0.29, 0.717) is 0 Å². The number of fused-ring (bicyclic) bond motifs is 1. The molecule has 0 fully saturated rings. The molecule has 2 aromatic carbocycles. The van der Waals surface area contributed by atoms with Gasteiger partial charge in [-0.15, -0.1) is 0 Å². The van der Waals surface area contributed by atoms with Crippen LogP contribution in [0.5, 0.6) is 5.75 Å². The molecule has 0 heterocycles. The van der Waals surface area contributed by atoms with Gasteiger partial charge in [-0.25, -0.2) is 0 Å². The third-order valence-corrected chi connectivity index (χ3v) is 1.96. The Morgan fingerprint density at radius 3 is 2.31 bits per heavy atom. The van der Waals surface area contributed by atoms with Crippen molar-refractivity contribution in [3.8, 4) is 5.75 Å². The molecule has 0 aliphatic carbocycles. The summed E-state index contributed by atoms with van der Waals surface area (Å²) >= 11 is 0. The maximum Gasteiger partial charge on any atom is 0.119 e. The zero-order valence-corrected chi connectivity index (χ0v) is 8.82. The third-order valence-electron chi connectivity index (χ3n) is 1.96. The number of ether oxygens (including phenoxy) is 1. The molecule has 0 unspecified atom stereocenters. The monoisotopic (exact) mass is 264 g/mol. The van der Waals surface area contributed by atoms with Gasteiger partial charge in [-0.3, -0.25) is 0 Å². The number of rotatable bonds is 1. The third kappa shape index (κ3) is 2.09. The molecule has 0 radical (unpaired) electrons. The van der Waals surface area contributed by atoms with Crippen molar-refractivity contribution >= 4 is 10.8 Å². The van der Waals surface area contributed by atoms with E-state index in [0.717, 1.165) is 5.75 Å². The second-order valence-electron chi connectivity index (χ2n) is 2.71. The Balaban J connectivity index is 0.000000845. The van der Waals surface area contributed by atoms with Crippen LogP contribution in [-0.2, 0) is 20.4 Å². The van der Waals surface area contributed by atoms with Crippen molar-refractivity contribution in [1.29, 1.82) is 0 Å². The second kappa shape index (κ2) is 4.41. The Hall–Kier alpha value is -0.838. The summed E-state index contributed by atoms with van der Waals surface area (Å²) in [4.78, 5) is 0. The van der Waals surface area contributed by atoms with Crippen LogP contribution in [0.25, 0.3) is 10.8 Å². The van der Waals surface area contributed by atoms with Gasteiger partial charge in [-0.05, 0) is 22.9 Å². The fraction of sp³-hybridized carbons (Fsp3) is 0.0909. The summed E-state index contributed by atoms with van der Waals surface area (Å²) in [6, 6.07) is 14.3. The molecule has 1 nitrogen and oxygen atoms in total. The van der Waals surface area contributed by atoms with Crippen LogP contribution in [0, 0.1) is 0 Å². The molecule has 0 atom stereocenters. The second-order valence-corrected chi connectivity index (χ2v) is 2.71. The Kier molecular flexibility index (Phi) is 3.48. The summed E-state index contributed by atoms with van der Waals surface area (Å²) in [5.74, 6) is 0.911. The molecular weight excluding hydrogens is 255 g/mol. The molecule has 0 saturated carbocycles. The quantitative estimate of drug-likeness (QED) is 0.720. The maximum atomic E-state index is 5.12. The van der Waals surface area contributed by atoms with Gasteiger partial charge in [0.1, 0.15) is 5.75 Å². The van der Waals surface area contributed by atoms with Crippen LogP contribution in [0.4, 0.5) is 0 Å². The molecule has 13 heavy (non-hydrogen) atoms. The van der Waals surface area contributed by atoms with Crippen molar-refractivity contribution in [2.24, 2.45) is 0 Å². The minimum Gasteiger partial charge on any atom is -0.497 e. The predicted molar refractivity (Wildman–Crippen MR) is 50.5 cm³/mol. The molecule has 0 bridgehead atoms. The van der Waals surface area contributed by atoms with E-state index in [1.165, 1.54) is 10.8 Å². The molecule has 2 rings (SSSR count). The molecule has 0 spiro atoms. The minimum absolute atomic E-state index is 0. The zero-order valence-electron chi connectivity index (χ0n) is 7.27. The van der Waals surface area contributed by atoms with E-state index in [9.17, 15) is 0 Å². The summed E-state index contributed by atoms with van der Waals surface area (Å²) in [7, 11) is 1.68. The van der Waals surface area contributed by atoms with Gasteiger partial charge in [0, 0.05) is 20.4 Å². The van der Waals surface area contributed by atoms with E-state index in [-0.39, 0.29) is 20.4 Å². The van der Waals surface area contributed by atoms with E-state index >= 15 is 0 Å². The van der Waals surface area contributed by atoms with Crippen molar-refractivity contribution in [3.05, 3.63) is 42.5 Å². The molecule has 0 aliphatic heterocycles. The summed E-state index contributed by atoms with van der Waals surface area (Å²) in [5, 5.41) is 2.47. The fourth-order valence-electron chi connectivity index (χ4n) is 1.29. The van der Waals surface area contributed by atoms with Crippen molar-refractivity contribution in [2.75, 3.05) is 7.11 Å². The van der Waals surface area contributed by atoms with Crippen LogP contribution in [0.3, 0.4) is 0 Å². The number of hydrogen-bond acceptors (Lipinski definition) is 1. The number of hydrogen-bond donors (Lipinski definition) is 0. The van der Waals surface area contributed by atoms with Gasteiger partial charge >= 0.3 is 0 Å². The Labute approximate surface area is 91.4 Å². The first-order chi connectivity index (χ1) is 5.90. The summed E-state index contributed by atoms with van der Waals surface area (Å²) in [5.41, 5.74) is 0. The van der Waals surface area contributed by atoms with E-state index in [1.54, 1.807) is 7.11 Å². The largest absolute Gasteiger partial charge is 0.497 e. The molecular formula is C11H10OPd. The SMILES string of the molecule is COc1ccc2ccccc2c1.[Pd]. The van der Waals surface area contributed by atoms with E-state index in [2.05, 4.69) is 18.2 Å². The van der Waals surface area contributed by atoms with Crippen molar-refractivity contribution in [1.82, 2.24) is 0 Å². The van der Waals surface area contributed by atoms with Crippen molar-refractivity contribution in [2.45, 2.75) is 0 Å². The first-order valence-corrected chi connectivity index (χ1v) is 3.93. The minimum atomic E-state index is 0. The predicted octanol–water partition coefficient (Wildman–Crippen LogP) is 2.85. The van der Waals surface area contributed by atoms with Gasteiger partial charge in [0.25, 0.3) is 0 Å². The molecule has 0 aliphatic rings. The van der Waals surface area contributed by atoms with Crippen LogP contribution in [0.2, 0.25) is 0 Å². The van der Waals surface area contributed by atoms with Gasteiger partial charge in [0.2, 0.25) is 0 Å². The first kappa shape index (κ1) is 10.2. The molecule has 70 valence electrons. The average Bonchev–Trinajstić information content (AvgIpc) is 2.17. The van der Waals surface area contributed by atoms with Gasteiger partial charge in [0.05, 0.1) is 7.11 Å². The van der Waals surface area contributed by atoms with Crippen LogP contribution in [0.1, 0.15) is 0 Å². The van der Waals surface area contributed by atoms with Gasteiger partial charge in [-0.1, -0.05) is 30.3 Å². The molecule has 2 heteroatoms. The summed E-state index contributed by atoms with van der Waals surface area (Å²) < 4.78 is 5.12. The van der Waals surface area contributed by atoms with E-state index < -0.39 is 0 Å². The average molecular weight is 265 g/mol. The van der Waals surface area contributed by atoms with Gasteiger partial charge < -0.3 is 4.74 Å². The fourth-order valence-corrected chi connectivity index (χ4v) is 1.29. The van der Waals surface area contributed by atoms with Gasteiger partial charge in [-0.2, -0.15) is 0 Å². The van der Waals surface area contributed by atoms with Crippen LogP contribution < -0.4 is 4.74 Å². The Morgan fingerprint density at radius 2 is 1.62 bits per heavy atom. The van der Waals surface area contributed by atoms with Crippen LogP contribution in [0.15, 0.2) is 42.5 Å². The van der Waals surface area contributed by atoms with Crippen molar-refractivity contribution in [3.63, 3.8) is 0 Å². The van der Waals surface area contributed by atoms with Crippen LogP contribution in [-0.4, -0.2) is 7.11 Å². The van der Waals surface area contributed by atoms with Gasteiger partial charge in [0.15, 0.2) is 0 Å². The standard InChI is InChI=1S/C11H10O.Pd/c1-12-11-7-6-9-4-2-3-5-10(9)8-11;/h2-8H,1H3;. The summed E-state index contributed by atoms with van der Waals surface area (Å²) in [6.07, 6.45) is 0. The van der Waals surface area contributed by atoms with Crippen LogP contribution >= 0.6 is 0 Å². The molecule has 0 saturated heterocycles. The first-order valence-electron chi connectivity index (χ1n) is 3.93. The maximum absolute atomic E-state index is 5.12. The summed E-state index contributed by atoms with van der Waals surface area (Å²) in [6.45, 7) is 0. The zero-order chi connectivity index (χ0) is 8.39. The van der Waals surface area contributed by atoms with Crippen molar-refractivity contribution < 1.29 is 25.2 Å². The molecule has 2 aromatic rings. The topological polar surface area (TPSA) is 9.23 Å².